The third-order valence-corrected chi connectivity index (χ3v) is 3.24. The van der Waals surface area contributed by atoms with E-state index in [0.29, 0.717) is 5.75 Å². The highest BCUT2D eigenvalue weighted by Crippen LogP contribution is 2.12. The molecule has 4 heteroatoms. The summed E-state index contributed by atoms with van der Waals surface area (Å²) in [4.78, 5) is 11.7. The van der Waals surface area contributed by atoms with Gasteiger partial charge in [0.15, 0.2) is 6.61 Å². The van der Waals surface area contributed by atoms with E-state index in [-0.39, 0.29) is 12.5 Å². The molecule has 0 aliphatic heterocycles. The fourth-order valence-electron chi connectivity index (χ4n) is 1.89. The Morgan fingerprint density at radius 2 is 1.77 bits per heavy atom. The van der Waals surface area contributed by atoms with E-state index in [4.69, 9.17) is 4.74 Å². The Kier molecular flexibility index (Phi) is 5.72. The molecule has 0 aliphatic rings. The Balaban J connectivity index is 1.82. The van der Waals surface area contributed by atoms with Crippen LogP contribution in [-0.2, 0) is 11.2 Å². The third kappa shape index (κ3) is 4.74. The van der Waals surface area contributed by atoms with Crippen molar-refractivity contribution in [3.63, 3.8) is 0 Å². The van der Waals surface area contributed by atoms with E-state index in [0.717, 1.165) is 17.7 Å². The van der Waals surface area contributed by atoms with Crippen molar-refractivity contribution in [3.8, 4) is 5.75 Å². The molecule has 2 rings (SSSR count). The summed E-state index contributed by atoms with van der Waals surface area (Å²) in [6, 6.07) is 17.4. The van der Waals surface area contributed by atoms with Gasteiger partial charge in [0.2, 0.25) is 0 Å². The molecule has 0 spiro atoms. The predicted molar refractivity (Wildman–Crippen MR) is 88.1 cm³/mol. The minimum absolute atomic E-state index is 0.0585. The molecule has 114 valence electrons. The molecule has 0 bridgehead atoms. The molecular formula is C18H20N2O2. The molecule has 2 aromatic carbocycles. The van der Waals surface area contributed by atoms with Crippen LogP contribution in [0.2, 0.25) is 0 Å². The number of nitrogens with zero attached hydrogens (tertiary/aromatic N) is 1. The molecule has 22 heavy (non-hydrogen) atoms. The van der Waals surface area contributed by atoms with Gasteiger partial charge in [-0.05, 0) is 36.6 Å². The summed E-state index contributed by atoms with van der Waals surface area (Å²) in [6.07, 6.45) is 0.980. The maximum absolute atomic E-state index is 11.7. The standard InChI is InChI=1S/C18H20N2O2/c1-3-15-9-11-17(12-10-15)22-13-18(21)20-19-14(2)16-7-5-4-6-8-16/h4-12H,3,13H2,1-2H3,(H,20,21). The van der Waals surface area contributed by atoms with Gasteiger partial charge in [-0.3, -0.25) is 4.79 Å². The maximum atomic E-state index is 11.7. The second kappa shape index (κ2) is 7.98. The summed E-state index contributed by atoms with van der Waals surface area (Å²) >= 11 is 0. The van der Waals surface area contributed by atoms with Gasteiger partial charge in [0.25, 0.3) is 5.91 Å². The minimum atomic E-state index is -0.283. The van der Waals surface area contributed by atoms with E-state index in [1.807, 2.05) is 61.5 Å². The van der Waals surface area contributed by atoms with Crippen LogP contribution in [0.1, 0.15) is 25.0 Å². The van der Waals surface area contributed by atoms with E-state index in [9.17, 15) is 4.79 Å². The van der Waals surface area contributed by atoms with Crippen LogP contribution in [0.15, 0.2) is 59.7 Å². The van der Waals surface area contributed by atoms with Gasteiger partial charge in [0, 0.05) is 0 Å². The third-order valence-electron chi connectivity index (χ3n) is 3.24. The fraction of sp³-hybridized carbons (Fsp3) is 0.222. The summed E-state index contributed by atoms with van der Waals surface area (Å²) in [5.41, 5.74) is 5.46. The molecule has 0 fully saturated rings. The molecular weight excluding hydrogens is 276 g/mol. The number of ether oxygens (including phenoxy) is 1. The monoisotopic (exact) mass is 296 g/mol. The molecule has 0 saturated heterocycles. The second-order valence-corrected chi connectivity index (χ2v) is 4.88. The van der Waals surface area contributed by atoms with Crippen molar-refractivity contribution in [3.05, 3.63) is 65.7 Å². The lowest BCUT2D eigenvalue weighted by atomic mass is 10.1. The summed E-state index contributed by atoms with van der Waals surface area (Å²) in [6.45, 7) is 3.88. The van der Waals surface area contributed by atoms with Crippen molar-refractivity contribution < 1.29 is 9.53 Å². The number of hydrogen-bond donors (Lipinski definition) is 1. The van der Waals surface area contributed by atoms with Crippen LogP contribution in [0.25, 0.3) is 0 Å². The van der Waals surface area contributed by atoms with Gasteiger partial charge in [0.1, 0.15) is 5.75 Å². The van der Waals surface area contributed by atoms with Crippen molar-refractivity contribution in [1.82, 2.24) is 5.43 Å². The minimum Gasteiger partial charge on any atom is -0.484 e. The quantitative estimate of drug-likeness (QED) is 0.657. The lowest BCUT2D eigenvalue weighted by molar-refractivity contribution is -0.123. The molecule has 0 atom stereocenters. The maximum Gasteiger partial charge on any atom is 0.277 e. The molecule has 1 amide bonds. The van der Waals surface area contributed by atoms with Gasteiger partial charge in [-0.15, -0.1) is 0 Å². The molecule has 0 aromatic heterocycles. The molecule has 2 aromatic rings. The largest absolute Gasteiger partial charge is 0.484 e. The number of rotatable bonds is 6. The zero-order valence-electron chi connectivity index (χ0n) is 12.9. The SMILES string of the molecule is CCc1ccc(OCC(=O)NN=C(C)c2ccccc2)cc1. The van der Waals surface area contributed by atoms with Crippen molar-refractivity contribution in [2.24, 2.45) is 5.10 Å². The number of carbonyl (C=O) groups is 1. The average molecular weight is 296 g/mol. The Labute approximate surface area is 130 Å². The summed E-state index contributed by atoms with van der Waals surface area (Å²) in [5.74, 6) is 0.394. The summed E-state index contributed by atoms with van der Waals surface area (Å²) in [7, 11) is 0. The average Bonchev–Trinajstić information content (AvgIpc) is 2.59. The highest BCUT2D eigenvalue weighted by atomic mass is 16.5. The van der Waals surface area contributed by atoms with Crippen LogP contribution < -0.4 is 10.2 Å². The zero-order valence-corrected chi connectivity index (χ0v) is 12.9. The molecule has 0 heterocycles. The predicted octanol–water partition coefficient (Wildman–Crippen LogP) is 3.17. The van der Waals surface area contributed by atoms with Crippen LogP contribution in [0.4, 0.5) is 0 Å². The van der Waals surface area contributed by atoms with Crippen LogP contribution in [0.5, 0.6) is 5.75 Å². The van der Waals surface area contributed by atoms with E-state index < -0.39 is 0 Å². The van der Waals surface area contributed by atoms with Crippen molar-refractivity contribution in [1.29, 1.82) is 0 Å². The molecule has 4 nitrogen and oxygen atoms in total. The number of benzene rings is 2. The van der Waals surface area contributed by atoms with Gasteiger partial charge in [0.05, 0.1) is 5.71 Å². The molecule has 1 N–H and O–H groups in total. The van der Waals surface area contributed by atoms with Gasteiger partial charge >= 0.3 is 0 Å². The number of nitrogens with one attached hydrogen (secondary N) is 1. The first kappa shape index (κ1) is 15.8. The Morgan fingerprint density at radius 3 is 2.41 bits per heavy atom. The van der Waals surface area contributed by atoms with Gasteiger partial charge in [-0.1, -0.05) is 49.4 Å². The summed E-state index contributed by atoms with van der Waals surface area (Å²) in [5, 5.41) is 4.07. The number of aryl methyl sites for hydroxylation is 1. The van der Waals surface area contributed by atoms with Crippen LogP contribution in [0.3, 0.4) is 0 Å². The highest BCUT2D eigenvalue weighted by Gasteiger charge is 2.03. The fourth-order valence-corrected chi connectivity index (χ4v) is 1.89. The van der Waals surface area contributed by atoms with Gasteiger partial charge < -0.3 is 4.74 Å². The van der Waals surface area contributed by atoms with Crippen molar-refractivity contribution in [2.75, 3.05) is 6.61 Å². The Bertz CT molecular complexity index is 634. The van der Waals surface area contributed by atoms with E-state index in [1.165, 1.54) is 5.56 Å². The van der Waals surface area contributed by atoms with Crippen LogP contribution in [0, 0.1) is 0 Å². The Hall–Kier alpha value is -2.62. The first-order valence-corrected chi connectivity index (χ1v) is 7.29. The second-order valence-electron chi connectivity index (χ2n) is 4.88. The van der Waals surface area contributed by atoms with E-state index in [2.05, 4.69) is 17.5 Å². The Morgan fingerprint density at radius 1 is 1.09 bits per heavy atom. The van der Waals surface area contributed by atoms with Crippen LogP contribution >= 0.6 is 0 Å². The number of carbonyl (C=O) groups excluding carboxylic acids is 1. The first-order valence-electron chi connectivity index (χ1n) is 7.29. The highest BCUT2D eigenvalue weighted by molar-refractivity contribution is 5.99. The lowest BCUT2D eigenvalue weighted by Crippen LogP contribution is -2.25. The van der Waals surface area contributed by atoms with Gasteiger partial charge in [-0.25, -0.2) is 5.43 Å². The zero-order chi connectivity index (χ0) is 15.8. The number of amides is 1. The van der Waals surface area contributed by atoms with Crippen LogP contribution in [-0.4, -0.2) is 18.2 Å². The number of hydrogen-bond acceptors (Lipinski definition) is 3. The smallest absolute Gasteiger partial charge is 0.277 e. The lowest BCUT2D eigenvalue weighted by Gasteiger charge is -2.06. The normalized spacial score (nSPS) is 11.1. The van der Waals surface area contributed by atoms with Gasteiger partial charge in [-0.2, -0.15) is 5.10 Å². The summed E-state index contributed by atoms with van der Waals surface area (Å²) < 4.78 is 5.42. The van der Waals surface area contributed by atoms with E-state index in [1.54, 1.807) is 0 Å². The molecule has 0 unspecified atom stereocenters. The molecule has 0 saturated carbocycles. The molecule has 0 aliphatic carbocycles. The molecule has 0 radical (unpaired) electrons. The number of hydrazone groups is 1. The first-order chi connectivity index (χ1) is 10.7. The van der Waals surface area contributed by atoms with Crippen molar-refractivity contribution in [2.45, 2.75) is 20.3 Å². The topological polar surface area (TPSA) is 50.7 Å². The van der Waals surface area contributed by atoms with Crippen molar-refractivity contribution >= 4 is 11.6 Å². The van der Waals surface area contributed by atoms with E-state index >= 15 is 0 Å².